The Balaban J connectivity index is 1.98. The maximum absolute atomic E-state index is 13.6. The zero-order valence-electron chi connectivity index (χ0n) is 10.2. The van der Waals surface area contributed by atoms with Gasteiger partial charge in [0.15, 0.2) is 0 Å². The maximum Gasteiger partial charge on any atom is 0.143 e. The minimum absolute atomic E-state index is 0.0972. The number of benzene rings is 1. The van der Waals surface area contributed by atoms with E-state index in [9.17, 15) is 4.39 Å². The molecule has 0 fully saturated rings. The van der Waals surface area contributed by atoms with Crippen LogP contribution in [-0.4, -0.2) is 16.5 Å². The van der Waals surface area contributed by atoms with E-state index < -0.39 is 5.82 Å². The molecule has 0 amide bonds. The van der Waals surface area contributed by atoms with Gasteiger partial charge in [-0.2, -0.15) is 5.26 Å². The number of anilines is 1. The molecule has 5 heteroatoms. The molecule has 94 valence electrons. The second kappa shape index (κ2) is 4.65. The third-order valence-corrected chi connectivity index (χ3v) is 3.32. The highest BCUT2D eigenvalue weighted by Gasteiger charge is 2.21. The second-order valence-electron chi connectivity index (χ2n) is 4.41. The molecule has 0 aliphatic carbocycles. The molecule has 2 heterocycles. The van der Waals surface area contributed by atoms with Crippen LogP contribution in [0.15, 0.2) is 30.7 Å². The van der Waals surface area contributed by atoms with Gasteiger partial charge in [0.25, 0.3) is 0 Å². The fraction of sp³-hybridized carbons (Fsp3) is 0.214. The summed E-state index contributed by atoms with van der Waals surface area (Å²) in [5.41, 5.74) is 2.79. The molecule has 2 aromatic rings. The zero-order chi connectivity index (χ0) is 13.2. The van der Waals surface area contributed by atoms with Gasteiger partial charge in [-0.15, -0.1) is 0 Å². The minimum atomic E-state index is -0.478. The molecular formula is C14H11FN4. The Morgan fingerprint density at radius 3 is 3.11 bits per heavy atom. The highest BCUT2D eigenvalue weighted by atomic mass is 19.1. The van der Waals surface area contributed by atoms with E-state index >= 15 is 0 Å². The van der Waals surface area contributed by atoms with Crippen LogP contribution < -0.4 is 4.90 Å². The molecule has 3 rings (SSSR count). The van der Waals surface area contributed by atoms with Crippen molar-refractivity contribution in [3.05, 3.63) is 53.4 Å². The van der Waals surface area contributed by atoms with E-state index in [1.807, 2.05) is 17.2 Å². The Labute approximate surface area is 110 Å². The van der Waals surface area contributed by atoms with E-state index in [1.165, 1.54) is 12.4 Å². The molecule has 0 atom stereocenters. The van der Waals surface area contributed by atoms with Gasteiger partial charge in [0.2, 0.25) is 0 Å². The Kier molecular flexibility index (Phi) is 2.84. The van der Waals surface area contributed by atoms with Crippen LogP contribution in [0.1, 0.15) is 16.8 Å². The number of hydrogen-bond donors (Lipinski definition) is 0. The van der Waals surface area contributed by atoms with Crippen molar-refractivity contribution in [2.75, 3.05) is 11.4 Å². The van der Waals surface area contributed by atoms with Gasteiger partial charge in [-0.25, -0.2) is 14.4 Å². The van der Waals surface area contributed by atoms with Crippen molar-refractivity contribution in [1.82, 2.24) is 9.97 Å². The molecule has 1 aromatic heterocycles. The van der Waals surface area contributed by atoms with Crippen molar-refractivity contribution in [3.63, 3.8) is 0 Å². The van der Waals surface area contributed by atoms with Crippen molar-refractivity contribution in [2.45, 2.75) is 13.0 Å². The quantitative estimate of drug-likeness (QED) is 0.781. The average molecular weight is 254 g/mol. The van der Waals surface area contributed by atoms with E-state index in [0.29, 0.717) is 12.2 Å². The van der Waals surface area contributed by atoms with Crippen LogP contribution in [-0.2, 0) is 13.0 Å². The summed E-state index contributed by atoms with van der Waals surface area (Å²) in [6.07, 6.45) is 4.13. The summed E-state index contributed by atoms with van der Waals surface area (Å²) < 4.78 is 13.6. The Hall–Kier alpha value is -2.48. The third kappa shape index (κ3) is 2.02. The first kappa shape index (κ1) is 11.6. The molecule has 0 radical (unpaired) electrons. The SMILES string of the molecule is N#Cc1c(F)cccc1N1CCc2cncnc2C1. The van der Waals surface area contributed by atoms with Gasteiger partial charge in [-0.05, 0) is 24.1 Å². The van der Waals surface area contributed by atoms with Crippen molar-refractivity contribution in [1.29, 1.82) is 5.26 Å². The van der Waals surface area contributed by atoms with Gasteiger partial charge >= 0.3 is 0 Å². The van der Waals surface area contributed by atoms with Crippen molar-refractivity contribution < 1.29 is 4.39 Å². The van der Waals surface area contributed by atoms with Gasteiger partial charge < -0.3 is 4.90 Å². The molecule has 0 N–H and O–H groups in total. The van der Waals surface area contributed by atoms with E-state index in [1.54, 1.807) is 12.1 Å². The molecule has 0 saturated carbocycles. The zero-order valence-corrected chi connectivity index (χ0v) is 10.2. The molecule has 4 nitrogen and oxygen atoms in total. The van der Waals surface area contributed by atoms with Crippen molar-refractivity contribution in [3.8, 4) is 6.07 Å². The lowest BCUT2D eigenvalue weighted by atomic mass is 10.0. The molecule has 1 aliphatic rings. The number of halogens is 1. The number of nitrogens with zero attached hydrogens (tertiary/aromatic N) is 4. The van der Waals surface area contributed by atoms with Crippen LogP contribution in [0.4, 0.5) is 10.1 Å². The van der Waals surface area contributed by atoms with E-state index in [4.69, 9.17) is 5.26 Å². The molecule has 0 spiro atoms. The van der Waals surface area contributed by atoms with Crippen LogP contribution in [0, 0.1) is 17.1 Å². The Bertz CT molecular complexity index is 663. The van der Waals surface area contributed by atoms with Crippen LogP contribution in [0.2, 0.25) is 0 Å². The van der Waals surface area contributed by atoms with Gasteiger partial charge in [-0.3, -0.25) is 0 Å². The number of rotatable bonds is 1. The summed E-state index contributed by atoms with van der Waals surface area (Å²) in [5.74, 6) is -0.478. The van der Waals surface area contributed by atoms with E-state index in [0.717, 1.165) is 24.2 Å². The lowest BCUT2D eigenvalue weighted by Crippen LogP contribution is -2.31. The molecule has 0 saturated heterocycles. The lowest BCUT2D eigenvalue weighted by molar-refractivity contribution is 0.620. The van der Waals surface area contributed by atoms with Crippen LogP contribution in [0.5, 0.6) is 0 Å². The Morgan fingerprint density at radius 1 is 1.37 bits per heavy atom. The van der Waals surface area contributed by atoms with Gasteiger partial charge in [0, 0.05) is 12.7 Å². The fourth-order valence-corrected chi connectivity index (χ4v) is 2.34. The van der Waals surface area contributed by atoms with E-state index in [2.05, 4.69) is 9.97 Å². The smallest absolute Gasteiger partial charge is 0.143 e. The average Bonchev–Trinajstić information content (AvgIpc) is 2.46. The second-order valence-corrected chi connectivity index (χ2v) is 4.41. The fourth-order valence-electron chi connectivity index (χ4n) is 2.34. The summed E-state index contributed by atoms with van der Waals surface area (Å²) in [4.78, 5) is 10.2. The molecule has 1 aromatic carbocycles. The monoisotopic (exact) mass is 254 g/mol. The Morgan fingerprint density at radius 2 is 2.26 bits per heavy atom. The van der Waals surface area contributed by atoms with Gasteiger partial charge in [0.05, 0.1) is 17.9 Å². The molecule has 1 aliphatic heterocycles. The van der Waals surface area contributed by atoms with Crippen LogP contribution in [0.3, 0.4) is 0 Å². The predicted octanol–water partition coefficient (Wildman–Crippen LogP) is 2.05. The first-order valence-corrected chi connectivity index (χ1v) is 6.01. The summed E-state index contributed by atoms with van der Waals surface area (Å²) >= 11 is 0. The summed E-state index contributed by atoms with van der Waals surface area (Å²) in [7, 11) is 0. The third-order valence-electron chi connectivity index (χ3n) is 3.32. The number of nitriles is 1. The van der Waals surface area contributed by atoms with Crippen LogP contribution >= 0.6 is 0 Å². The van der Waals surface area contributed by atoms with Crippen LogP contribution in [0.25, 0.3) is 0 Å². The number of hydrogen-bond acceptors (Lipinski definition) is 4. The van der Waals surface area contributed by atoms with Gasteiger partial charge in [-0.1, -0.05) is 6.07 Å². The number of fused-ring (bicyclic) bond motifs is 1. The predicted molar refractivity (Wildman–Crippen MR) is 67.9 cm³/mol. The summed E-state index contributed by atoms with van der Waals surface area (Å²) in [6, 6.07) is 6.64. The van der Waals surface area contributed by atoms with Crippen molar-refractivity contribution in [2.24, 2.45) is 0 Å². The standard InChI is InChI=1S/C14H11FN4/c15-12-2-1-3-14(11(12)6-16)19-5-4-10-7-17-9-18-13(10)8-19/h1-3,7,9H,4-5,8H2. The highest BCUT2D eigenvalue weighted by Crippen LogP contribution is 2.27. The topological polar surface area (TPSA) is 52.8 Å². The normalized spacial score (nSPS) is 13.8. The highest BCUT2D eigenvalue weighted by molar-refractivity contribution is 5.60. The number of aromatic nitrogens is 2. The van der Waals surface area contributed by atoms with Crippen molar-refractivity contribution >= 4 is 5.69 Å². The lowest BCUT2D eigenvalue weighted by Gasteiger charge is -2.30. The van der Waals surface area contributed by atoms with Gasteiger partial charge in [0.1, 0.15) is 23.8 Å². The summed E-state index contributed by atoms with van der Waals surface area (Å²) in [6.45, 7) is 1.31. The maximum atomic E-state index is 13.6. The minimum Gasteiger partial charge on any atom is -0.364 e. The molecule has 19 heavy (non-hydrogen) atoms. The summed E-state index contributed by atoms with van der Waals surface area (Å²) in [5, 5.41) is 9.08. The largest absolute Gasteiger partial charge is 0.364 e. The first-order valence-electron chi connectivity index (χ1n) is 6.01. The first-order chi connectivity index (χ1) is 9.29. The molecule has 0 bridgehead atoms. The molecular weight excluding hydrogens is 243 g/mol. The van der Waals surface area contributed by atoms with E-state index in [-0.39, 0.29) is 5.56 Å². The molecule has 0 unspecified atom stereocenters.